The molecule has 0 radical (unpaired) electrons. The molecular formula is C19H20N2O2S. The van der Waals surface area contributed by atoms with Crippen LogP contribution in [-0.4, -0.2) is 41.8 Å². The molecule has 5 heteroatoms. The fourth-order valence-electron chi connectivity index (χ4n) is 3.89. The maximum Gasteiger partial charge on any atom is 0.254 e. The molecule has 0 bridgehead atoms. The third-order valence-electron chi connectivity index (χ3n) is 5.10. The van der Waals surface area contributed by atoms with Gasteiger partial charge in [0.2, 0.25) is 5.91 Å². The number of rotatable bonds is 2. The second kappa shape index (κ2) is 6.06. The van der Waals surface area contributed by atoms with E-state index in [0.717, 1.165) is 36.4 Å². The summed E-state index contributed by atoms with van der Waals surface area (Å²) in [6.07, 6.45) is 2.14. The lowest BCUT2D eigenvalue weighted by atomic mass is 9.81. The van der Waals surface area contributed by atoms with Crippen LogP contribution in [0.4, 0.5) is 0 Å². The average Bonchev–Trinajstić information content (AvgIpc) is 3.30. The molecule has 1 fully saturated rings. The highest BCUT2D eigenvalue weighted by molar-refractivity contribution is 7.10. The van der Waals surface area contributed by atoms with E-state index in [4.69, 9.17) is 0 Å². The summed E-state index contributed by atoms with van der Waals surface area (Å²) in [5.74, 6) is -0.173. The van der Waals surface area contributed by atoms with Crippen molar-refractivity contribution in [2.45, 2.75) is 24.8 Å². The molecule has 2 aliphatic heterocycles. The minimum absolute atomic E-state index is 0.00512. The van der Waals surface area contributed by atoms with Crippen molar-refractivity contribution in [2.75, 3.05) is 20.1 Å². The van der Waals surface area contributed by atoms with Gasteiger partial charge in [-0.3, -0.25) is 9.59 Å². The van der Waals surface area contributed by atoms with Gasteiger partial charge in [0.05, 0.1) is 12.0 Å². The van der Waals surface area contributed by atoms with E-state index in [1.807, 2.05) is 53.7 Å². The van der Waals surface area contributed by atoms with Crippen molar-refractivity contribution < 1.29 is 9.59 Å². The van der Waals surface area contributed by atoms with Crippen molar-refractivity contribution in [2.24, 2.45) is 0 Å². The molecule has 24 heavy (non-hydrogen) atoms. The standard InChI is InChI=1S/C19H20N2O2S/c1-20-17(15-9-6-12-24-15)16(19(23)21-10-4-5-11-21)13-7-2-3-8-14(13)18(20)22/h2-3,6-9,12,16-17H,4-5,10-11H2,1H3. The van der Waals surface area contributed by atoms with Crippen LogP contribution in [0, 0.1) is 0 Å². The largest absolute Gasteiger partial charge is 0.342 e. The number of nitrogens with zero attached hydrogens (tertiary/aromatic N) is 2. The van der Waals surface area contributed by atoms with Gasteiger partial charge in [-0.15, -0.1) is 11.3 Å². The second-order valence-electron chi connectivity index (χ2n) is 6.47. The number of thiophene rings is 1. The Labute approximate surface area is 145 Å². The molecule has 3 heterocycles. The molecule has 1 aromatic carbocycles. The molecule has 0 N–H and O–H groups in total. The van der Waals surface area contributed by atoms with Crippen molar-refractivity contribution in [3.8, 4) is 0 Å². The highest BCUT2D eigenvalue weighted by atomic mass is 32.1. The van der Waals surface area contributed by atoms with Crippen LogP contribution in [0.3, 0.4) is 0 Å². The monoisotopic (exact) mass is 340 g/mol. The zero-order valence-electron chi connectivity index (χ0n) is 13.6. The first kappa shape index (κ1) is 15.4. The van der Waals surface area contributed by atoms with Crippen LogP contribution in [0.2, 0.25) is 0 Å². The maximum absolute atomic E-state index is 13.3. The Morgan fingerprint density at radius 3 is 2.58 bits per heavy atom. The Morgan fingerprint density at radius 2 is 1.88 bits per heavy atom. The third-order valence-corrected chi connectivity index (χ3v) is 6.04. The van der Waals surface area contributed by atoms with Gasteiger partial charge in [0.15, 0.2) is 0 Å². The van der Waals surface area contributed by atoms with Crippen molar-refractivity contribution in [1.82, 2.24) is 9.80 Å². The Bertz CT molecular complexity index is 765. The van der Waals surface area contributed by atoms with Gasteiger partial charge < -0.3 is 9.80 Å². The van der Waals surface area contributed by atoms with Gasteiger partial charge in [-0.25, -0.2) is 0 Å². The maximum atomic E-state index is 13.3. The number of fused-ring (bicyclic) bond motifs is 1. The summed E-state index contributed by atoms with van der Waals surface area (Å²) in [4.78, 5) is 30.9. The third kappa shape index (κ3) is 2.35. The van der Waals surface area contributed by atoms with E-state index < -0.39 is 0 Å². The number of likely N-dealkylation sites (N-methyl/N-ethyl adjacent to an activating group) is 1. The summed E-state index contributed by atoms with van der Waals surface area (Å²) >= 11 is 1.61. The van der Waals surface area contributed by atoms with Gasteiger partial charge in [0.25, 0.3) is 5.91 Å². The molecule has 2 atom stereocenters. The van der Waals surface area contributed by atoms with Crippen LogP contribution in [-0.2, 0) is 4.79 Å². The van der Waals surface area contributed by atoms with Crippen molar-refractivity contribution >= 4 is 23.2 Å². The van der Waals surface area contributed by atoms with Gasteiger partial charge in [0.1, 0.15) is 0 Å². The van der Waals surface area contributed by atoms with E-state index >= 15 is 0 Å². The molecule has 1 saturated heterocycles. The molecule has 4 nitrogen and oxygen atoms in total. The second-order valence-corrected chi connectivity index (χ2v) is 7.45. The molecule has 0 aliphatic carbocycles. The summed E-state index contributed by atoms with van der Waals surface area (Å²) in [5.41, 5.74) is 1.53. The van der Waals surface area contributed by atoms with Gasteiger partial charge >= 0.3 is 0 Å². The Balaban J connectivity index is 1.85. The first-order valence-electron chi connectivity index (χ1n) is 8.37. The molecule has 2 amide bonds. The van der Waals surface area contributed by atoms with E-state index in [2.05, 4.69) is 0 Å². The van der Waals surface area contributed by atoms with Crippen LogP contribution in [0.5, 0.6) is 0 Å². The minimum atomic E-state index is -0.319. The lowest BCUT2D eigenvalue weighted by Gasteiger charge is -2.40. The van der Waals surface area contributed by atoms with Crippen LogP contribution < -0.4 is 0 Å². The summed E-state index contributed by atoms with van der Waals surface area (Å²) in [5, 5.41) is 2.01. The summed E-state index contributed by atoms with van der Waals surface area (Å²) in [6.45, 7) is 1.65. The fourth-order valence-corrected chi connectivity index (χ4v) is 4.79. The fraction of sp³-hybridized carbons (Fsp3) is 0.368. The predicted molar refractivity (Wildman–Crippen MR) is 94.2 cm³/mol. The van der Waals surface area contributed by atoms with Crippen molar-refractivity contribution in [1.29, 1.82) is 0 Å². The molecule has 1 aromatic heterocycles. The molecule has 124 valence electrons. The molecule has 0 spiro atoms. The molecular weight excluding hydrogens is 320 g/mol. The van der Waals surface area contributed by atoms with Crippen molar-refractivity contribution in [3.63, 3.8) is 0 Å². The number of likely N-dealkylation sites (tertiary alicyclic amines) is 1. The molecule has 2 unspecified atom stereocenters. The average molecular weight is 340 g/mol. The van der Waals surface area contributed by atoms with E-state index in [0.29, 0.717) is 5.56 Å². The van der Waals surface area contributed by atoms with Crippen LogP contribution in [0.25, 0.3) is 0 Å². The normalized spacial score (nSPS) is 23.5. The summed E-state index contributed by atoms with van der Waals surface area (Å²) in [7, 11) is 1.81. The van der Waals surface area contributed by atoms with Gasteiger partial charge in [0, 0.05) is 30.6 Å². The Hall–Kier alpha value is -2.14. The molecule has 4 rings (SSSR count). The van der Waals surface area contributed by atoms with Gasteiger partial charge in [-0.05, 0) is 35.9 Å². The molecule has 0 saturated carbocycles. The number of hydrogen-bond donors (Lipinski definition) is 0. The molecule has 2 aromatic rings. The van der Waals surface area contributed by atoms with E-state index in [-0.39, 0.29) is 23.8 Å². The first-order valence-corrected chi connectivity index (χ1v) is 9.24. The summed E-state index contributed by atoms with van der Waals surface area (Å²) in [6, 6.07) is 11.4. The van der Waals surface area contributed by atoms with Crippen LogP contribution in [0.15, 0.2) is 41.8 Å². The number of carbonyl (C=O) groups excluding carboxylic acids is 2. The zero-order chi connectivity index (χ0) is 16.7. The topological polar surface area (TPSA) is 40.6 Å². The van der Waals surface area contributed by atoms with E-state index in [9.17, 15) is 9.59 Å². The van der Waals surface area contributed by atoms with Gasteiger partial charge in [-0.2, -0.15) is 0 Å². The van der Waals surface area contributed by atoms with E-state index in [1.165, 1.54) is 0 Å². The highest BCUT2D eigenvalue weighted by Gasteiger charge is 2.44. The van der Waals surface area contributed by atoms with Gasteiger partial charge in [-0.1, -0.05) is 24.3 Å². The lowest BCUT2D eigenvalue weighted by Crippen LogP contribution is -2.46. The number of benzene rings is 1. The highest BCUT2D eigenvalue weighted by Crippen LogP contribution is 2.44. The first-order chi connectivity index (χ1) is 11.7. The van der Waals surface area contributed by atoms with E-state index in [1.54, 1.807) is 16.2 Å². The Kier molecular flexibility index (Phi) is 3.88. The predicted octanol–water partition coefficient (Wildman–Crippen LogP) is 3.28. The van der Waals surface area contributed by atoms with Crippen LogP contribution in [0.1, 0.15) is 45.6 Å². The number of amides is 2. The number of carbonyl (C=O) groups is 2. The lowest BCUT2D eigenvalue weighted by molar-refractivity contribution is -0.133. The molecule has 2 aliphatic rings. The SMILES string of the molecule is CN1C(=O)c2ccccc2C(C(=O)N2CCCC2)C1c1cccs1. The van der Waals surface area contributed by atoms with Crippen molar-refractivity contribution in [3.05, 3.63) is 57.8 Å². The quantitative estimate of drug-likeness (QED) is 0.842. The number of hydrogen-bond acceptors (Lipinski definition) is 3. The minimum Gasteiger partial charge on any atom is -0.342 e. The zero-order valence-corrected chi connectivity index (χ0v) is 14.5. The Morgan fingerprint density at radius 1 is 1.12 bits per heavy atom. The smallest absolute Gasteiger partial charge is 0.254 e. The van der Waals surface area contributed by atoms with Crippen LogP contribution >= 0.6 is 11.3 Å². The summed E-state index contributed by atoms with van der Waals surface area (Å²) < 4.78 is 0.